The lowest BCUT2D eigenvalue weighted by Gasteiger charge is -2.12. The van der Waals surface area contributed by atoms with Crippen molar-refractivity contribution >= 4 is 5.91 Å². The lowest BCUT2D eigenvalue weighted by molar-refractivity contribution is 0.0937. The first-order valence-electron chi connectivity index (χ1n) is 5.36. The van der Waals surface area contributed by atoms with E-state index in [1.165, 1.54) is 6.07 Å². The number of halogens is 1. The van der Waals surface area contributed by atoms with Crippen LogP contribution in [0.25, 0.3) is 0 Å². The van der Waals surface area contributed by atoms with Gasteiger partial charge in [-0.15, -0.1) is 0 Å². The fourth-order valence-electron chi connectivity index (χ4n) is 1.55. The van der Waals surface area contributed by atoms with Gasteiger partial charge in [0.15, 0.2) is 0 Å². The zero-order valence-corrected chi connectivity index (χ0v) is 9.64. The summed E-state index contributed by atoms with van der Waals surface area (Å²) in [4.78, 5) is 11.9. The Labute approximate surface area is 103 Å². The summed E-state index contributed by atoms with van der Waals surface area (Å²) in [5, 5.41) is 18.6. The molecular formula is C12H12FN3O2. The predicted octanol–water partition coefficient (Wildman–Crippen LogP) is 1.75. The number of rotatable bonds is 3. The van der Waals surface area contributed by atoms with Crippen LogP contribution in [0.2, 0.25) is 0 Å². The monoisotopic (exact) mass is 249 g/mol. The van der Waals surface area contributed by atoms with E-state index in [1.54, 1.807) is 19.3 Å². The summed E-state index contributed by atoms with van der Waals surface area (Å²) in [6, 6.07) is 3.00. The second kappa shape index (κ2) is 4.87. The summed E-state index contributed by atoms with van der Waals surface area (Å²) in [6.45, 7) is 1.78. The minimum Gasteiger partial charge on any atom is -0.507 e. The third kappa shape index (κ3) is 2.48. The molecule has 3 N–H and O–H groups in total. The Morgan fingerprint density at radius 2 is 2.33 bits per heavy atom. The number of carbonyl (C=O) groups is 1. The molecule has 5 nitrogen and oxygen atoms in total. The predicted molar refractivity (Wildman–Crippen MR) is 62.5 cm³/mol. The Balaban J connectivity index is 2.12. The molecule has 1 amide bonds. The van der Waals surface area contributed by atoms with Gasteiger partial charge in [0.1, 0.15) is 11.6 Å². The highest BCUT2D eigenvalue weighted by atomic mass is 19.1. The van der Waals surface area contributed by atoms with Gasteiger partial charge in [0, 0.05) is 17.8 Å². The Morgan fingerprint density at radius 3 is 2.94 bits per heavy atom. The number of nitrogens with one attached hydrogen (secondary N) is 2. The van der Waals surface area contributed by atoms with Crippen molar-refractivity contribution in [3.8, 4) is 5.75 Å². The maximum Gasteiger partial charge on any atom is 0.255 e. The molecule has 1 aromatic heterocycles. The van der Waals surface area contributed by atoms with E-state index < -0.39 is 11.7 Å². The van der Waals surface area contributed by atoms with Crippen LogP contribution in [0.5, 0.6) is 5.75 Å². The first-order chi connectivity index (χ1) is 8.58. The summed E-state index contributed by atoms with van der Waals surface area (Å²) < 4.78 is 12.8. The summed E-state index contributed by atoms with van der Waals surface area (Å²) in [5.74, 6) is -1.44. The second-order valence-corrected chi connectivity index (χ2v) is 3.89. The van der Waals surface area contributed by atoms with Gasteiger partial charge in [-0.05, 0) is 19.1 Å². The zero-order valence-electron chi connectivity index (χ0n) is 9.64. The van der Waals surface area contributed by atoms with E-state index in [2.05, 4.69) is 15.5 Å². The van der Waals surface area contributed by atoms with Gasteiger partial charge >= 0.3 is 0 Å². The summed E-state index contributed by atoms with van der Waals surface area (Å²) in [6.07, 6.45) is 3.25. The first kappa shape index (κ1) is 12.1. The topological polar surface area (TPSA) is 78.0 Å². The van der Waals surface area contributed by atoms with Gasteiger partial charge in [0.25, 0.3) is 5.91 Å². The van der Waals surface area contributed by atoms with E-state index in [-0.39, 0.29) is 17.4 Å². The molecule has 0 aliphatic rings. The van der Waals surface area contributed by atoms with E-state index in [4.69, 9.17) is 0 Å². The van der Waals surface area contributed by atoms with Crippen molar-refractivity contribution in [2.24, 2.45) is 0 Å². The van der Waals surface area contributed by atoms with Gasteiger partial charge < -0.3 is 10.4 Å². The molecule has 0 radical (unpaired) electrons. The molecule has 18 heavy (non-hydrogen) atoms. The Morgan fingerprint density at radius 1 is 1.56 bits per heavy atom. The van der Waals surface area contributed by atoms with Crippen LogP contribution < -0.4 is 5.32 Å². The van der Waals surface area contributed by atoms with Gasteiger partial charge in [-0.2, -0.15) is 5.10 Å². The van der Waals surface area contributed by atoms with Crippen molar-refractivity contribution in [2.45, 2.75) is 13.0 Å². The lowest BCUT2D eigenvalue weighted by Crippen LogP contribution is -2.26. The molecule has 2 rings (SSSR count). The van der Waals surface area contributed by atoms with E-state index in [0.717, 1.165) is 17.7 Å². The van der Waals surface area contributed by atoms with E-state index >= 15 is 0 Å². The number of benzene rings is 1. The lowest BCUT2D eigenvalue weighted by atomic mass is 10.1. The molecule has 0 fully saturated rings. The van der Waals surface area contributed by atoms with Crippen LogP contribution in [0.1, 0.15) is 28.9 Å². The molecule has 0 aliphatic heterocycles. The Hall–Kier alpha value is -2.37. The van der Waals surface area contributed by atoms with Crippen LogP contribution in [0.3, 0.4) is 0 Å². The van der Waals surface area contributed by atoms with Gasteiger partial charge in [0.2, 0.25) is 0 Å². The molecule has 94 valence electrons. The van der Waals surface area contributed by atoms with Crippen molar-refractivity contribution in [2.75, 3.05) is 0 Å². The molecule has 1 heterocycles. The van der Waals surface area contributed by atoms with Crippen molar-refractivity contribution in [1.29, 1.82) is 0 Å². The highest BCUT2D eigenvalue weighted by molar-refractivity contribution is 5.96. The number of aromatic amines is 1. The number of hydrogen-bond acceptors (Lipinski definition) is 3. The van der Waals surface area contributed by atoms with Gasteiger partial charge in [-0.3, -0.25) is 9.89 Å². The van der Waals surface area contributed by atoms with Crippen molar-refractivity contribution in [3.63, 3.8) is 0 Å². The Kier molecular flexibility index (Phi) is 3.27. The molecule has 6 heteroatoms. The highest BCUT2D eigenvalue weighted by Crippen LogP contribution is 2.19. The Bertz CT molecular complexity index is 554. The van der Waals surface area contributed by atoms with Crippen molar-refractivity contribution in [1.82, 2.24) is 15.5 Å². The standard InChI is InChI=1S/C12H12FN3O2/c1-7(8-5-14-15-6-8)16-12(18)10-3-2-9(13)4-11(10)17/h2-7,17H,1H3,(H,14,15)(H,16,18). The largest absolute Gasteiger partial charge is 0.507 e. The number of phenolic OH excluding ortho intramolecular Hbond substituents is 1. The number of aromatic hydroxyl groups is 1. The molecule has 1 aromatic carbocycles. The third-order valence-electron chi connectivity index (χ3n) is 2.57. The molecule has 1 atom stereocenters. The zero-order chi connectivity index (χ0) is 13.1. The number of carbonyl (C=O) groups excluding carboxylic acids is 1. The normalized spacial score (nSPS) is 12.1. The number of amides is 1. The quantitative estimate of drug-likeness (QED) is 0.775. The molecule has 0 saturated carbocycles. The van der Waals surface area contributed by atoms with Crippen LogP contribution in [-0.2, 0) is 0 Å². The summed E-state index contributed by atoms with van der Waals surface area (Å²) in [5.41, 5.74) is 0.844. The fraction of sp³-hybridized carbons (Fsp3) is 0.167. The van der Waals surface area contributed by atoms with E-state index in [9.17, 15) is 14.3 Å². The highest BCUT2D eigenvalue weighted by Gasteiger charge is 2.15. The minimum absolute atomic E-state index is 0.0340. The minimum atomic E-state index is -0.591. The van der Waals surface area contributed by atoms with Crippen LogP contribution >= 0.6 is 0 Å². The van der Waals surface area contributed by atoms with Gasteiger partial charge in [0.05, 0.1) is 17.8 Å². The third-order valence-corrected chi connectivity index (χ3v) is 2.57. The molecular weight excluding hydrogens is 237 g/mol. The van der Waals surface area contributed by atoms with Crippen LogP contribution in [0.15, 0.2) is 30.6 Å². The molecule has 0 spiro atoms. The summed E-state index contributed by atoms with van der Waals surface area (Å²) >= 11 is 0. The molecule has 1 unspecified atom stereocenters. The average molecular weight is 249 g/mol. The smallest absolute Gasteiger partial charge is 0.255 e. The summed E-state index contributed by atoms with van der Waals surface area (Å²) in [7, 11) is 0. The molecule has 0 aliphatic carbocycles. The van der Waals surface area contributed by atoms with Gasteiger partial charge in [-0.1, -0.05) is 0 Å². The van der Waals surface area contributed by atoms with Crippen LogP contribution in [-0.4, -0.2) is 21.2 Å². The fourth-order valence-corrected chi connectivity index (χ4v) is 1.55. The number of hydrogen-bond donors (Lipinski definition) is 3. The van der Waals surface area contributed by atoms with Crippen molar-refractivity contribution < 1.29 is 14.3 Å². The first-order valence-corrected chi connectivity index (χ1v) is 5.36. The molecule has 2 aromatic rings. The average Bonchev–Trinajstić information content (AvgIpc) is 2.81. The van der Waals surface area contributed by atoms with Crippen LogP contribution in [0.4, 0.5) is 4.39 Å². The number of nitrogens with zero attached hydrogens (tertiary/aromatic N) is 1. The van der Waals surface area contributed by atoms with Crippen molar-refractivity contribution in [3.05, 3.63) is 47.5 Å². The molecule has 0 bridgehead atoms. The number of phenols is 1. The van der Waals surface area contributed by atoms with Gasteiger partial charge in [-0.25, -0.2) is 4.39 Å². The molecule has 0 saturated heterocycles. The maximum atomic E-state index is 12.8. The number of aromatic nitrogens is 2. The van der Waals surface area contributed by atoms with Crippen LogP contribution in [0, 0.1) is 5.82 Å². The maximum absolute atomic E-state index is 12.8. The SMILES string of the molecule is CC(NC(=O)c1ccc(F)cc1O)c1cn[nH]c1. The number of H-pyrrole nitrogens is 1. The van der Waals surface area contributed by atoms with E-state index in [0.29, 0.717) is 0 Å². The second-order valence-electron chi connectivity index (χ2n) is 3.89. The van der Waals surface area contributed by atoms with E-state index in [1.807, 2.05) is 0 Å².